The number of hydrogen-bond donors (Lipinski definition) is 1. The van der Waals surface area contributed by atoms with E-state index in [1.807, 2.05) is 24.3 Å². The molecule has 0 saturated carbocycles. The minimum Gasteiger partial charge on any atom is -0.337 e. The van der Waals surface area contributed by atoms with Crippen LogP contribution in [0.15, 0.2) is 29.3 Å². The summed E-state index contributed by atoms with van der Waals surface area (Å²) in [6.07, 6.45) is 1.71. The third-order valence-corrected chi connectivity index (χ3v) is 1.66. The number of rotatable bonds is 1. The number of fused-ring (bicyclic) bond motifs is 1. The quantitative estimate of drug-likeness (QED) is 0.631. The molecule has 0 aliphatic carbocycles. The number of para-hydroxylation sites is 2. The zero-order chi connectivity index (χ0) is 8.39. The number of H-pyrrole nitrogens is 1. The molecule has 3 heteroatoms. The third kappa shape index (κ3) is 1.09. The second-order valence-electron chi connectivity index (χ2n) is 2.53. The Bertz CT molecular complexity index is 381. The molecule has 2 rings (SSSR count). The molecule has 0 atom stereocenters. The summed E-state index contributed by atoms with van der Waals surface area (Å²) in [7, 11) is 1.73. The summed E-state index contributed by atoms with van der Waals surface area (Å²) < 4.78 is 0. The van der Waals surface area contributed by atoms with Crippen molar-refractivity contribution < 1.29 is 0 Å². The lowest BCUT2D eigenvalue weighted by atomic mass is 10.3. The first kappa shape index (κ1) is 7.03. The van der Waals surface area contributed by atoms with E-state index in [1.54, 1.807) is 13.3 Å². The molecule has 0 saturated heterocycles. The van der Waals surface area contributed by atoms with Gasteiger partial charge in [0, 0.05) is 7.05 Å². The number of imidazole rings is 1. The molecule has 0 spiro atoms. The fourth-order valence-corrected chi connectivity index (χ4v) is 1.16. The minimum absolute atomic E-state index is 0.804. The molecule has 0 unspecified atom stereocenters. The predicted octanol–water partition coefficient (Wildman–Crippen LogP) is 1.61. The summed E-state index contributed by atoms with van der Waals surface area (Å²) in [6.45, 7) is 0. The van der Waals surface area contributed by atoms with E-state index >= 15 is 0 Å². The number of benzene rings is 1. The normalized spacial score (nSPS) is 11.4. The van der Waals surface area contributed by atoms with Gasteiger partial charge in [0.1, 0.15) is 5.82 Å². The van der Waals surface area contributed by atoms with Gasteiger partial charge in [-0.25, -0.2) is 4.98 Å². The number of nitrogens with one attached hydrogen (secondary N) is 1. The van der Waals surface area contributed by atoms with Gasteiger partial charge in [0.25, 0.3) is 0 Å². The van der Waals surface area contributed by atoms with Crippen LogP contribution >= 0.6 is 0 Å². The molecular formula is C9H9N3. The molecule has 0 radical (unpaired) electrons. The van der Waals surface area contributed by atoms with Crippen LogP contribution in [-0.4, -0.2) is 23.2 Å². The lowest BCUT2D eigenvalue weighted by molar-refractivity contribution is 1.29. The maximum absolute atomic E-state index is 4.30. The minimum atomic E-state index is 0.804. The summed E-state index contributed by atoms with van der Waals surface area (Å²) in [6, 6.07) is 7.91. The number of hydrogen-bond acceptors (Lipinski definition) is 2. The molecule has 1 N–H and O–H groups in total. The molecule has 1 aromatic heterocycles. The molecular weight excluding hydrogens is 150 g/mol. The van der Waals surface area contributed by atoms with E-state index in [0.717, 1.165) is 16.9 Å². The molecule has 0 aliphatic rings. The van der Waals surface area contributed by atoms with Crippen LogP contribution in [0.2, 0.25) is 0 Å². The number of aromatic amines is 1. The van der Waals surface area contributed by atoms with Gasteiger partial charge in [-0.3, -0.25) is 4.99 Å². The molecule has 3 nitrogen and oxygen atoms in total. The highest BCUT2D eigenvalue weighted by Gasteiger charge is 1.96. The van der Waals surface area contributed by atoms with E-state index in [2.05, 4.69) is 15.0 Å². The Labute approximate surface area is 70.2 Å². The summed E-state index contributed by atoms with van der Waals surface area (Å²) in [5, 5.41) is 0. The van der Waals surface area contributed by atoms with E-state index in [4.69, 9.17) is 0 Å². The Morgan fingerprint density at radius 1 is 1.42 bits per heavy atom. The van der Waals surface area contributed by atoms with Crippen LogP contribution in [-0.2, 0) is 0 Å². The fraction of sp³-hybridized carbons (Fsp3) is 0.111. The summed E-state index contributed by atoms with van der Waals surface area (Å²) >= 11 is 0. The van der Waals surface area contributed by atoms with Gasteiger partial charge in [-0.05, 0) is 12.1 Å². The highest BCUT2D eigenvalue weighted by molar-refractivity contribution is 5.83. The van der Waals surface area contributed by atoms with Crippen molar-refractivity contribution in [1.82, 2.24) is 9.97 Å². The van der Waals surface area contributed by atoms with Crippen LogP contribution in [0.4, 0.5) is 0 Å². The molecule has 0 amide bonds. The number of nitrogens with zero attached hydrogens (tertiary/aromatic N) is 2. The van der Waals surface area contributed by atoms with Gasteiger partial charge in [0.05, 0.1) is 17.2 Å². The lowest BCUT2D eigenvalue weighted by Gasteiger charge is -1.81. The predicted molar refractivity (Wildman–Crippen MR) is 49.6 cm³/mol. The van der Waals surface area contributed by atoms with Crippen molar-refractivity contribution in [1.29, 1.82) is 0 Å². The second-order valence-corrected chi connectivity index (χ2v) is 2.53. The van der Waals surface area contributed by atoms with Crippen molar-refractivity contribution >= 4 is 17.2 Å². The second kappa shape index (κ2) is 2.77. The van der Waals surface area contributed by atoms with Crippen molar-refractivity contribution in [3.63, 3.8) is 0 Å². The number of aromatic nitrogens is 2. The fourth-order valence-electron chi connectivity index (χ4n) is 1.16. The average molecular weight is 159 g/mol. The van der Waals surface area contributed by atoms with Gasteiger partial charge in [-0.15, -0.1) is 0 Å². The van der Waals surface area contributed by atoms with Gasteiger partial charge in [-0.1, -0.05) is 12.1 Å². The largest absolute Gasteiger partial charge is 0.337 e. The highest BCUT2D eigenvalue weighted by atomic mass is 14.9. The lowest BCUT2D eigenvalue weighted by Crippen LogP contribution is -1.81. The van der Waals surface area contributed by atoms with Gasteiger partial charge < -0.3 is 4.98 Å². The van der Waals surface area contributed by atoms with Crippen molar-refractivity contribution in [3.8, 4) is 0 Å². The van der Waals surface area contributed by atoms with Crippen molar-refractivity contribution in [2.75, 3.05) is 7.05 Å². The molecule has 1 aromatic carbocycles. The average Bonchev–Trinajstić information content (AvgIpc) is 2.47. The zero-order valence-electron chi connectivity index (χ0n) is 6.78. The monoisotopic (exact) mass is 159 g/mol. The van der Waals surface area contributed by atoms with Crippen molar-refractivity contribution in [2.24, 2.45) is 4.99 Å². The Balaban J connectivity index is 2.62. The maximum atomic E-state index is 4.30. The number of aliphatic imine (C=N–C) groups is 1. The van der Waals surface area contributed by atoms with Crippen molar-refractivity contribution in [2.45, 2.75) is 0 Å². The summed E-state index contributed by atoms with van der Waals surface area (Å²) in [5.41, 5.74) is 2.03. The van der Waals surface area contributed by atoms with Crippen molar-refractivity contribution in [3.05, 3.63) is 30.1 Å². The highest BCUT2D eigenvalue weighted by Crippen LogP contribution is 2.08. The molecule has 12 heavy (non-hydrogen) atoms. The van der Waals surface area contributed by atoms with Gasteiger partial charge in [0.15, 0.2) is 0 Å². The summed E-state index contributed by atoms with van der Waals surface area (Å²) in [5.74, 6) is 0.804. The molecule has 2 aromatic rings. The molecule has 0 bridgehead atoms. The first-order valence-electron chi connectivity index (χ1n) is 3.77. The first-order chi connectivity index (χ1) is 5.90. The van der Waals surface area contributed by atoms with E-state index in [0.29, 0.717) is 0 Å². The van der Waals surface area contributed by atoms with E-state index in [-0.39, 0.29) is 0 Å². The van der Waals surface area contributed by atoms with E-state index in [1.165, 1.54) is 0 Å². The topological polar surface area (TPSA) is 41.0 Å². The molecule has 0 fully saturated rings. The van der Waals surface area contributed by atoms with Gasteiger partial charge in [-0.2, -0.15) is 0 Å². The Hall–Kier alpha value is -1.64. The van der Waals surface area contributed by atoms with Crippen LogP contribution in [0.5, 0.6) is 0 Å². The van der Waals surface area contributed by atoms with Crippen LogP contribution in [0.25, 0.3) is 11.0 Å². The Kier molecular flexibility index (Phi) is 1.63. The Morgan fingerprint density at radius 3 is 3.00 bits per heavy atom. The van der Waals surface area contributed by atoms with E-state index in [9.17, 15) is 0 Å². The maximum Gasteiger partial charge on any atom is 0.149 e. The van der Waals surface area contributed by atoms with Crippen LogP contribution in [0.1, 0.15) is 5.82 Å². The molecule has 0 aliphatic heterocycles. The SMILES string of the molecule is C/N=C/c1nc2ccccc2[nH]1. The zero-order valence-corrected chi connectivity index (χ0v) is 6.78. The summed E-state index contributed by atoms with van der Waals surface area (Å²) in [4.78, 5) is 11.3. The van der Waals surface area contributed by atoms with Crippen LogP contribution in [0, 0.1) is 0 Å². The van der Waals surface area contributed by atoms with Crippen LogP contribution < -0.4 is 0 Å². The smallest absolute Gasteiger partial charge is 0.149 e. The standard InChI is InChI=1S/C9H9N3/c1-10-6-9-11-7-4-2-3-5-8(7)12-9/h2-6H,1H3,(H,11,12)/b10-6+. The van der Waals surface area contributed by atoms with Gasteiger partial charge in [0.2, 0.25) is 0 Å². The van der Waals surface area contributed by atoms with E-state index < -0.39 is 0 Å². The van der Waals surface area contributed by atoms with Gasteiger partial charge >= 0.3 is 0 Å². The molecule has 1 heterocycles. The van der Waals surface area contributed by atoms with Crippen LogP contribution in [0.3, 0.4) is 0 Å². The Morgan fingerprint density at radius 2 is 2.25 bits per heavy atom. The molecule has 60 valence electrons. The first-order valence-corrected chi connectivity index (χ1v) is 3.77. The third-order valence-electron chi connectivity index (χ3n) is 1.66.